The van der Waals surface area contributed by atoms with E-state index in [1.165, 1.54) is 0 Å². The number of Topliss-reactive ketones (excluding diaryl/α,β-unsaturated/α-hetero) is 2. The number of carbonyl (C=O) groups is 3. The predicted molar refractivity (Wildman–Crippen MR) is 109 cm³/mol. The molecule has 1 aliphatic carbocycles. The number of hydrogen-bond acceptors (Lipinski definition) is 7. The number of nitrogens with one attached hydrogen (secondary N) is 1. The first kappa shape index (κ1) is 20.7. The molecule has 2 fully saturated rings. The van der Waals surface area contributed by atoms with Gasteiger partial charge in [0.1, 0.15) is 11.4 Å². The molecule has 0 atom stereocenters. The lowest BCUT2D eigenvalue weighted by molar-refractivity contribution is -0.122. The lowest BCUT2D eigenvalue weighted by Gasteiger charge is -2.35. The maximum atomic E-state index is 13.3. The zero-order valence-electron chi connectivity index (χ0n) is 16.8. The number of aliphatic hydroxyl groups is 2. The summed E-state index contributed by atoms with van der Waals surface area (Å²) in [7, 11) is 0. The molecule has 2 saturated heterocycles. The monoisotopic (exact) mass is 413 g/mol. The number of aliphatic hydroxyl groups excluding tert-OH is 2. The molecule has 2 heterocycles. The van der Waals surface area contributed by atoms with Crippen LogP contribution in [0.1, 0.15) is 46.4 Å². The van der Waals surface area contributed by atoms with E-state index < -0.39 is 6.10 Å². The topological polar surface area (TPSA) is 110 Å². The molecule has 2 aliphatic heterocycles. The van der Waals surface area contributed by atoms with E-state index in [9.17, 15) is 24.6 Å². The van der Waals surface area contributed by atoms with Crippen LogP contribution in [0.4, 0.5) is 0 Å². The molecular formula is C22H27N3O5. The van der Waals surface area contributed by atoms with Gasteiger partial charge in [-0.3, -0.25) is 19.3 Å². The van der Waals surface area contributed by atoms with Gasteiger partial charge in [0, 0.05) is 37.3 Å². The first-order valence-corrected chi connectivity index (χ1v) is 10.5. The van der Waals surface area contributed by atoms with Gasteiger partial charge in [0.25, 0.3) is 0 Å². The highest BCUT2D eigenvalue weighted by molar-refractivity contribution is 6.27. The normalized spacial score (nSPS) is 21.7. The Hall–Kier alpha value is -2.55. The maximum Gasteiger partial charge on any atom is 0.238 e. The first-order chi connectivity index (χ1) is 14.4. The van der Waals surface area contributed by atoms with E-state index in [1.54, 1.807) is 29.2 Å². The van der Waals surface area contributed by atoms with Crippen molar-refractivity contribution in [2.75, 3.05) is 32.7 Å². The van der Waals surface area contributed by atoms with Crippen molar-refractivity contribution in [2.24, 2.45) is 0 Å². The molecule has 30 heavy (non-hydrogen) atoms. The van der Waals surface area contributed by atoms with Crippen molar-refractivity contribution in [3.63, 3.8) is 0 Å². The molecule has 0 radical (unpaired) electrons. The number of amides is 1. The van der Waals surface area contributed by atoms with E-state index in [1.807, 2.05) is 4.90 Å². The van der Waals surface area contributed by atoms with Crippen LogP contribution >= 0.6 is 0 Å². The number of carbonyl (C=O) groups excluding carboxylic acids is 3. The van der Waals surface area contributed by atoms with Gasteiger partial charge in [0.05, 0.1) is 18.8 Å². The Bertz CT molecular complexity index is 881. The van der Waals surface area contributed by atoms with E-state index in [0.29, 0.717) is 63.0 Å². The first-order valence-electron chi connectivity index (χ1n) is 10.5. The standard InChI is InChI=1S/C22H27N3O5/c26-14-5-9-24(10-6-14)13-18(28)23-19-20(25-11-7-15(27)8-12-25)22(30)17-4-2-1-3-16(17)21(19)29/h1-4,14-15,26-27H,5-13H2,(H,23,28). The minimum absolute atomic E-state index is 0.0251. The van der Waals surface area contributed by atoms with E-state index in [0.717, 1.165) is 0 Å². The Morgan fingerprint density at radius 3 is 2.03 bits per heavy atom. The number of nitrogens with zero attached hydrogens (tertiary/aromatic N) is 2. The van der Waals surface area contributed by atoms with Crippen molar-refractivity contribution in [1.82, 2.24) is 15.1 Å². The second kappa shape index (κ2) is 8.67. The second-order valence-corrected chi connectivity index (χ2v) is 8.20. The molecule has 8 nitrogen and oxygen atoms in total. The fraction of sp³-hybridized carbons (Fsp3) is 0.500. The minimum Gasteiger partial charge on any atom is -0.393 e. The van der Waals surface area contributed by atoms with Gasteiger partial charge in [-0.05, 0) is 25.7 Å². The fourth-order valence-electron chi connectivity index (χ4n) is 4.33. The molecule has 160 valence electrons. The van der Waals surface area contributed by atoms with E-state index >= 15 is 0 Å². The molecular weight excluding hydrogens is 386 g/mol. The summed E-state index contributed by atoms with van der Waals surface area (Å²) in [6, 6.07) is 6.65. The summed E-state index contributed by atoms with van der Waals surface area (Å²) < 4.78 is 0. The minimum atomic E-state index is -0.420. The molecule has 0 aromatic heterocycles. The molecule has 0 spiro atoms. The Labute approximate surface area is 175 Å². The van der Waals surface area contributed by atoms with Gasteiger partial charge in [0.15, 0.2) is 0 Å². The van der Waals surface area contributed by atoms with Crippen LogP contribution in [-0.2, 0) is 4.79 Å². The molecule has 3 N–H and O–H groups in total. The number of fused-ring (bicyclic) bond motifs is 1. The quantitative estimate of drug-likeness (QED) is 0.652. The SMILES string of the molecule is O=C(CN1CCC(O)CC1)NC1=C(N2CCC(O)CC2)C(=O)c2ccccc2C1=O. The Morgan fingerprint density at radius 2 is 1.43 bits per heavy atom. The Balaban J connectivity index is 1.60. The number of hydrogen-bond donors (Lipinski definition) is 3. The summed E-state index contributed by atoms with van der Waals surface area (Å²) >= 11 is 0. The van der Waals surface area contributed by atoms with Crippen molar-refractivity contribution in [3.8, 4) is 0 Å². The average molecular weight is 413 g/mol. The van der Waals surface area contributed by atoms with Crippen molar-refractivity contribution in [1.29, 1.82) is 0 Å². The molecule has 0 unspecified atom stereocenters. The molecule has 8 heteroatoms. The summed E-state index contributed by atoms with van der Waals surface area (Å²) in [5, 5.41) is 22.2. The lowest BCUT2D eigenvalue weighted by Crippen LogP contribution is -2.46. The van der Waals surface area contributed by atoms with Crippen LogP contribution in [0, 0.1) is 0 Å². The third kappa shape index (κ3) is 4.16. The number of ketones is 2. The van der Waals surface area contributed by atoms with Crippen LogP contribution in [0.25, 0.3) is 0 Å². The summed E-state index contributed by atoms with van der Waals surface area (Å²) in [4.78, 5) is 42.9. The molecule has 4 rings (SSSR count). The fourth-order valence-corrected chi connectivity index (χ4v) is 4.33. The molecule has 0 saturated carbocycles. The van der Waals surface area contributed by atoms with Gasteiger partial charge in [-0.2, -0.15) is 0 Å². The maximum absolute atomic E-state index is 13.3. The van der Waals surface area contributed by atoms with Crippen LogP contribution in [0.5, 0.6) is 0 Å². The van der Waals surface area contributed by atoms with E-state index in [2.05, 4.69) is 5.32 Å². The van der Waals surface area contributed by atoms with Crippen LogP contribution in [0.2, 0.25) is 0 Å². The zero-order chi connectivity index (χ0) is 21.3. The largest absolute Gasteiger partial charge is 0.393 e. The highest BCUT2D eigenvalue weighted by Crippen LogP contribution is 2.29. The predicted octanol–water partition coefficient (Wildman–Crippen LogP) is 0.307. The molecule has 0 bridgehead atoms. The Morgan fingerprint density at radius 1 is 0.900 bits per heavy atom. The third-order valence-electron chi connectivity index (χ3n) is 6.06. The molecule has 1 aromatic rings. The van der Waals surface area contributed by atoms with Crippen molar-refractivity contribution < 1.29 is 24.6 Å². The highest BCUT2D eigenvalue weighted by atomic mass is 16.3. The number of piperidine rings is 2. The van der Waals surface area contributed by atoms with Gasteiger partial charge < -0.3 is 20.4 Å². The lowest BCUT2D eigenvalue weighted by atomic mass is 9.89. The van der Waals surface area contributed by atoms with Gasteiger partial charge in [-0.15, -0.1) is 0 Å². The Kier molecular flexibility index (Phi) is 5.99. The zero-order valence-corrected chi connectivity index (χ0v) is 16.8. The summed E-state index contributed by atoms with van der Waals surface area (Å²) in [5.41, 5.74) is 0.872. The number of rotatable bonds is 4. The van der Waals surface area contributed by atoms with E-state index in [-0.39, 0.29) is 41.5 Å². The molecule has 1 amide bonds. The van der Waals surface area contributed by atoms with Crippen molar-refractivity contribution in [2.45, 2.75) is 37.9 Å². The average Bonchev–Trinajstić information content (AvgIpc) is 2.75. The van der Waals surface area contributed by atoms with Crippen LogP contribution in [0.3, 0.4) is 0 Å². The smallest absolute Gasteiger partial charge is 0.238 e. The summed E-state index contributed by atoms with van der Waals surface area (Å²) in [6.07, 6.45) is 1.48. The van der Waals surface area contributed by atoms with Gasteiger partial charge in [-0.1, -0.05) is 24.3 Å². The third-order valence-corrected chi connectivity index (χ3v) is 6.06. The summed E-state index contributed by atoms with van der Waals surface area (Å²) in [6.45, 7) is 2.22. The van der Waals surface area contributed by atoms with Gasteiger partial charge >= 0.3 is 0 Å². The highest BCUT2D eigenvalue weighted by Gasteiger charge is 2.37. The van der Waals surface area contributed by atoms with Gasteiger partial charge in [-0.25, -0.2) is 0 Å². The van der Waals surface area contributed by atoms with E-state index in [4.69, 9.17) is 0 Å². The van der Waals surface area contributed by atoms with Crippen LogP contribution in [0.15, 0.2) is 35.7 Å². The number of allylic oxidation sites excluding steroid dienone is 2. The molecule has 1 aromatic carbocycles. The van der Waals surface area contributed by atoms with Crippen molar-refractivity contribution >= 4 is 17.5 Å². The second-order valence-electron chi connectivity index (χ2n) is 8.20. The van der Waals surface area contributed by atoms with Gasteiger partial charge in [0.2, 0.25) is 17.5 Å². The van der Waals surface area contributed by atoms with Crippen LogP contribution < -0.4 is 5.32 Å². The number of benzene rings is 1. The summed E-state index contributed by atoms with van der Waals surface area (Å²) in [5.74, 6) is -0.997. The van der Waals surface area contributed by atoms with Crippen molar-refractivity contribution in [3.05, 3.63) is 46.8 Å². The molecule has 3 aliphatic rings. The van der Waals surface area contributed by atoms with Crippen LogP contribution in [-0.4, -0.2) is 82.4 Å². The number of likely N-dealkylation sites (tertiary alicyclic amines) is 2.